The van der Waals surface area contributed by atoms with Crippen LogP contribution in [0.4, 0.5) is 0 Å². The normalized spacial score (nSPS) is 13.3. The van der Waals surface area contributed by atoms with Crippen molar-refractivity contribution in [3.63, 3.8) is 0 Å². The lowest BCUT2D eigenvalue weighted by atomic mass is 10.0. The van der Waals surface area contributed by atoms with Crippen molar-refractivity contribution in [2.24, 2.45) is 5.73 Å². The number of ether oxygens (including phenoxy) is 2. The Hall–Kier alpha value is -2.29. The van der Waals surface area contributed by atoms with Crippen LogP contribution in [-0.2, 0) is 32.7 Å². The van der Waals surface area contributed by atoms with Gasteiger partial charge in [0.2, 0.25) is 0 Å². The van der Waals surface area contributed by atoms with Crippen LogP contribution >= 0.6 is 7.82 Å². The molecule has 0 spiro atoms. The third-order valence-corrected chi connectivity index (χ3v) is 16.7. The number of carbonyl (C=O) groups excluding carboxylic acids is 2. The number of carbonyl (C=O) groups is 2. The van der Waals surface area contributed by atoms with Crippen LogP contribution in [0.5, 0.6) is 0 Å². The molecule has 0 fully saturated rings. The van der Waals surface area contributed by atoms with Crippen LogP contribution in [0.25, 0.3) is 0 Å². The molecule has 2 unspecified atom stereocenters. The zero-order valence-electron chi connectivity index (χ0n) is 54.0. The van der Waals surface area contributed by atoms with E-state index in [2.05, 4.69) is 74.6 Å². The van der Waals surface area contributed by atoms with Crippen LogP contribution < -0.4 is 5.73 Å². The fraction of sp³-hybridized carbons (Fsp3) is 0.833. The zero-order valence-corrected chi connectivity index (χ0v) is 54.9. The van der Waals surface area contributed by atoms with E-state index in [1.54, 1.807) is 0 Å². The lowest BCUT2D eigenvalue weighted by molar-refractivity contribution is -0.161. The molecule has 0 heterocycles. The predicted octanol–water partition coefficient (Wildman–Crippen LogP) is 23.0. The molecule has 3 N–H and O–H groups in total. The smallest absolute Gasteiger partial charge is 0.462 e. The van der Waals surface area contributed by atoms with E-state index in [1.165, 1.54) is 250 Å². The monoisotopic (exact) mass is 1170 g/mol. The average Bonchev–Trinajstić information content (AvgIpc) is 3.48. The van der Waals surface area contributed by atoms with Crippen LogP contribution in [0.1, 0.15) is 354 Å². The number of hydrogen-bond donors (Lipinski definition) is 2. The van der Waals surface area contributed by atoms with Crippen molar-refractivity contribution in [3.05, 3.63) is 60.8 Å². The third kappa shape index (κ3) is 66.8. The predicted molar refractivity (Wildman–Crippen MR) is 353 cm³/mol. The summed E-state index contributed by atoms with van der Waals surface area (Å²) in [6.07, 6.45) is 87.5. The molecule has 0 saturated carbocycles. The number of phosphoric ester groups is 1. The maximum absolute atomic E-state index is 12.8. The van der Waals surface area contributed by atoms with E-state index in [0.29, 0.717) is 6.42 Å². The second-order valence-electron chi connectivity index (χ2n) is 23.7. The molecule has 0 aliphatic rings. The van der Waals surface area contributed by atoms with Gasteiger partial charge < -0.3 is 20.1 Å². The molecule has 0 aromatic carbocycles. The quantitative estimate of drug-likeness (QED) is 0.0264. The summed E-state index contributed by atoms with van der Waals surface area (Å²) in [6.45, 7) is 3.69. The highest BCUT2D eigenvalue weighted by Crippen LogP contribution is 2.43. The highest BCUT2D eigenvalue weighted by Gasteiger charge is 2.26. The van der Waals surface area contributed by atoms with E-state index < -0.39 is 26.5 Å². The van der Waals surface area contributed by atoms with Gasteiger partial charge in [-0.2, -0.15) is 0 Å². The fourth-order valence-electron chi connectivity index (χ4n) is 10.5. The molecule has 0 aliphatic heterocycles. The highest BCUT2D eigenvalue weighted by atomic mass is 31.2. The Morgan fingerprint density at radius 2 is 0.671 bits per heavy atom. The van der Waals surface area contributed by atoms with Crippen LogP contribution in [0, 0.1) is 0 Å². The number of allylic oxidation sites excluding steroid dienone is 10. The minimum atomic E-state index is -4.39. The maximum Gasteiger partial charge on any atom is 0.472 e. The van der Waals surface area contributed by atoms with Crippen LogP contribution in [0.3, 0.4) is 0 Å². The standard InChI is InChI=1S/C72H134NO8P/c1-3-5-7-9-11-13-15-17-19-21-23-25-27-29-31-33-34-35-37-38-40-42-44-46-48-50-52-54-56-58-60-62-64-71(74)78-68-70(69-80-82(76,77)79-67-66-73)81-72(75)65-63-61-59-57-55-53-51-49-47-45-43-41-39-36-32-30-28-26-24-22-20-18-16-14-12-10-8-6-4-2/h6,8,12,14,18,20,24,26,30,32,70H,3-5,7,9-11,13,15-17,19,21-23,25,27-29,31,33-69,73H2,1-2H3,(H,76,77)/b8-6-,14-12-,20-18-,26-24-,32-30-. The van der Waals surface area contributed by atoms with E-state index >= 15 is 0 Å². The van der Waals surface area contributed by atoms with E-state index in [9.17, 15) is 19.0 Å². The van der Waals surface area contributed by atoms with Gasteiger partial charge in [-0.1, -0.05) is 344 Å². The molecule has 0 bridgehead atoms. The van der Waals surface area contributed by atoms with E-state index in [0.717, 1.165) is 70.6 Å². The average molecular weight is 1170 g/mol. The summed E-state index contributed by atoms with van der Waals surface area (Å²) < 4.78 is 33.2. The van der Waals surface area contributed by atoms with Gasteiger partial charge in [0.15, 0.2) is 6.10 Å². The second-order valence-corrected chi connectivity index (χ2v) is 25.2. The van der Waals surface area contributed by atoms with Gasteiger partial charge in [-0.3, -0.25) is 18.6 Å². The fourth-order valence-corrected chi connectivity index (χ4v) is 11.3. The summed E-state index contributed by atoms with van der Waals surface area (Å²) in [6, 6.07) is 0. The highest BCUT2D eigenvalue weighted by molar-refractivity contribution is 7.47. The van der Waals surface area contributed by atoms with Gasteiger partial charge in [0.25, 0.3) is 0 Å². The van der Waals surface area contributed by atoms with Crippen molar-refractivity contribution < 1.29 is 37.6 Å². The summed E-state index contributed by atoms with van der Waals surface area (Å²) >= 11 is 0. The first kappa shape index (κ1) is 79.7. The molecule has 9 nitrogen and oxygen atoms in total. The topological polar surface area (TPSA) is 134 Å². The SMILES string of the molecule is CC/C=C\C/C=C\C/C=C\C/C=C\C/C=C\CCCCCCCCCCCCCCCC(=O)OC(COC(=O)CCCCCCCCCCCCCCCCCCCCCCCCCCCCCCCCCC)COP(=O)(O)OCCN. The molecule has 82 heavy (non-hydrogen) atoms. The Morgan fingerprint density at radius 1 is 0.378 bits per heavy atom. The summed E-state index contributed by atoms with van der Waals surface area (Å²) in [5, 5.41) is 0. The Balaban J connectivity index is 3.83. The van der Waals surface area contributed by atoms with E-state index in [4.69, 9.17) is 24.3 Å². The van der Waals surface area contributed by atoms with Crippen LogP contribution in [0.15, 0.2) is 60.8 Å². The van der Waals surface area contributed by atoms with Gasteiger partial charge in [0.05, 0.1) is 13.2 Å². The summed E-state index contributed by atoms with van der Waals surface area (Å²) in [5.74, 6) is -0.812. The Kier molecular flexibility index (Phi) is 65.9. The van der Waals surface area contributed by atoms with Crippen molar-refractivity contribution in [2.75, 3.05) is 26.4 Å². The molecule has 2 atom stereocenters. The Bertz CT molecular complexity index is 1530. The molecule has 480 valence electrons. The largest absolute Gasteiger partial charge is 0.472 e. The number of hydrogen-bond acceptors (Lipinski definition) is 8. The second kappa shape index (κ2) is 67.8. The van der Waals surface area contributed by atoms with E-state index in [1.807, 2.05) is 0 Å². The molecule has 0 aromatic heterocycles. The zero-order chi connectivity index (χ0) is 59.4. The first-order valence-corrected chi connectivity index (χ1v) is 36.8. The molecule has 0 aliphatic carbocycles. The number of unbranched alkanes of at least 4 members (excludes halogenated alkanes) is 44. The van der Waals surface area contributed by atoms with Crippen LogP contribution in [-0.4, -0.2) is 49.3 Å². The molecule has 0 radical (unpaired) electrons. The van der Waals surface area contributed by atoms with Gasteiger partial charge in [-0.15, -0.1) is 0 Å². The summed E-state index contributed by atoms with van der Waals surface area (Å²) in [7, 11) is -4.39. The minimum Gasteiger partial charge on any atom is -0.462 e. The van der Waals surface area contributed by atoms with Gasteiger partial charge >= 0.3 is 19.8 Å². The number of esters is 2. The first-order valence-electron chi connectivity index (χ1n) is 35.3. The Labute approximate surface area is 508 Å². The van der Waals surface area contributed by atoms with Gasteiger partial charge in [-0.25, -0.2) is 4.57 Å². The Morgan fingerprint density at radius 3 is 1.00 bits per heavy atom. The van der Waals surface area contributed by atoms with Crippen molar-refractivity contribution in [2.45, 2.75) is 360 Å². The molecule has 0 aromatic rings. The molecular weight excluding hydrogens is 1040 g/mol. The lowest BCUT2D eigenvalue weighted by Crippen LogP contribution is -2.29. The van der Waals surface area contributed by atoms with Gasteiger partial charge in [0.1, 0.15) is 6.61 Å². The van der Waals surface area contributed by atoms with E-state index in [-0.39, 0.29) is 38.6 Å². The van der Waals surface area contributed by atoms with Gasteiger partial charge in [0, 0.05) is 19.4 Å². The summed E-state index contributed by atoms with van der Waals surface area (Å²) in [4.78, 5) is 35.4. The van der Waals surface area contributed by atoms with Gasteiger partial charge in [-0.05, 0) is 57.8 Å². The molecule has 10 heteroatoms. The number of nitrogens with two attached hydrogens (primary N) is 1. The number of rotatable bonds is 67. The first-order chi connectivity index (χ1) is 40.3. The minimum absolute atomic E-state index is 0.0536. The number of phosphoric acid groups is 1. The van der Waals surface area contributed by atoms with Crippen molar-refractivity contribution in [3.8, 4) is 0 Å². The molecular formula is C72H134NO8P. The third-order valence-electron chi connectivity index (χ3n) is 15.7. The lowest BCUT2D eigenvalue weighted by Gasteiger charge is -2.19. The molecule has 0 amide bonds. The van der Waals surface area contributed by atoms with Crippen LogP contribution in [0.2, 0.25) is 0 Å². The van der Waals surface area contributed by atoms with Crippen molar-refractivity contribution in [1.29, 1.82) is 0 Å². The van der Waals surface area contributed by atoms with Crippen molar-refractivity contribution >= 4 is 19.8 Å². The maximum atomic E-state index is 12.8. The summed E-state index contributed by atoms with van der Waals surface area (Å²) in [5.41, 5.74) is 5.40. The molecule has 0 rings (SSSR count). The molecule has 0 saturated heterocycles. The van der Waals surface area contributed by atoms with Crippen molar-refractivity contribution in [1.82, 2.24) is 0 Å².